The number of morpholine rings is 1. The standard InChI is InChI=1S/C13H23N3O3/c1-10(13(18)16-6-8-19-9-7-16)14-4-5-15-12(17)11-2-3-11/h10-11,14H,2-9H2,1H3,(H,15,17). The van der Waals surface area contributed by atoms with E-state index in [0.29, 0.717) is 39.4 Å². The molecule has 1 aliphatic heterocycles. The maximum absolute atomic E-state index is 12.1. The number of rotatable bonds is 6. The third kappa shape index (κ3) is 4.47. The minimum absolute atomic E-state index is 0.108. The summed E-state index contributed by atoms with van der Waals surface area (Å²) in [6.07, 6.45) is 2.04. The summed E-state index contributed by atoms with van der Waals surface area (Å²) in [7, 11) is 0. The van der Waals surface area contributed by atoms with Gasteiger partial charge in [0, 0.05) is 32.1 Å². The maximum atomic E-state index is 12.1. The van der Waals surface area contributed by atoms with Crippen LogP contribution in [0, 0.1) is 5.92 Å². The lowest BCUT2D eigenvalue weighted by molar-refractivity contribution is -0.137. The monoisotopic (exact) mass is 269 g/mol. The van der Waals surface area contributed by atoms with Gasteiger partial charge < -0.3 is 20.3 Å². The van der Waals surface area contributed by atoms with E-state index < -0.39 is 0 Å². The number of carbonyl (C=O) groups excluding carboxylic acids is 2. The number of nitrogens with zero attached hydrogens (tertiary/aromatic N) is 1. The summed E-state index contributed by atoms with van der Waals surface area (Å²) in [5.74, 6) is 0.498. The van der Waals surface area contributed by atoms with Gasteiger partial charge in [0.1, 0.15) is 0 Å². The Balaban J connectivity index is 1.58. The molecule has 0 spiro atoms. The molecule has 0 bridgehead atoms. The van der Waals surface area contributed by atoms with Crippen molar-refractivity contribution in [2.75, 3.05) is 39.4 Å². The molecule has 6 nitrogen and oxygen atoms in total. The normalized spacial score (nSPS) is 21.0. The van der Waals surface area contributed by atoms with E-state index in [1.54, 1.807) is 0 Å². The van der Waals surface area contributed by atoms with Gasteiger partial charge in [0.15, 0.2) is 0 Å². The van der Waals surface area contributed by atoms with Gasteiger partial charge in [-0.25, -0.2) is 0 Å². The molecule has 0 aromatic heterocycles. The Bertz CT molecular complexity index is 325. The van der Waals surface area contributed by atoms with Crippen molar-refractivity contribution in [3.63, 3.8) is 0 Å². The zero-order valence-corrected chi connectivity index (χ0v) is 11.5. The average Bonchev–Trinajstić information content (AvgIpc) is 3.27. The zero-order chi connectivity index (χ0) is 13.7. The molecule has 1 aliphatic carbocycles. The third-order valence-corrected chi connectivity index (χ3v) is 3.52. The summed E-state index contributed by atoms with van der Waals surface area (Å²) < 4.78 is 5.22. The lowest BCUT2D eigenvalue weighted by Crippen LogP contribution is -2.50. The second kappa shape index (κ2) is 6.86. The lowest BCUT2D eigenvalue weighted by atomic mass is 10.2. The average molecular weight is 269 g/mol. The van der Waals surface area contributed by atoms with Crippen LogP contribution in [0.4, 0.5) is 0 Å². The van der Waals surface area contributed by atoms with E-state index in [-0.39, 0.29) is 23.8 Å². The molecule has 1 saturated carbocycles. The summed E-state index contributed by atoms with van der Waals surface area (Å²) >= 11 is 0. The highest BCUT2D eigenvalue weighted by atomic mass is 16.5. The van der Waals surface area contributed by atoms with Crippen LogP contribution < -0.4 is 10.6 Å². The molecule has 2 fully saturated rings. The molecular formula is C13H23N3O3. The van der Waals surface area contributed by atoms with Gasteiger partial charge in [0.25, 0.3) is 0 Å². The van der Waals surface area contributed by atoms with Crippen LogP contribution in [-0.2, 0) is 14.3 Å². The van der Waals surface area contributed by atoms with Crippen molar-refractivity contribution in [3.8, 4) is 0 Å². The van der Waals surface area contributed by atoms with E-state index in [1.807, 2.05) is 11.8 Å². The van der Waals surface area contributed by atoms with Crippen molar-refractivity contribution in [2.45, 2.75) is 25.8 Å². The molecule has 2 aliphatic rings. The number of hydrogen-bond donors (Lipinski definition) is 2. The largest absolute Gasteiger partial charge is 0.378 e. The first-order chi connectivity index (χ1) is 9.18. The minimum atomic E-state index is -0.212. The van der Waals surface area contributed by atoms with E-state index in [9.17, 15) is 9.59 Å². The molecule has 1 heterocycles. The van der Waals surface area contributed by atoms with Crippen LogP contribution in [-0.4, -0.2) is 62.1 Å². The number of carbonyl (C=O) groups is 2. The number of nitrogens with one attached hydrogen (secondary N) is 2. The summed E-state index contributed by atoms with van der Waals surface area (Å²) in [6.45, 7) is 5.64. The Kier molecular flexibility index (Phi) is 5.15. The molecule has 108 valence electrons. The summed E-state index contributed by atoms with van der Waals surface area (Å²) in [5.41, 5.74) is 0. The number of amides is 2. The van der Waals surface area contributed by atoms with Gasteiger partial charge in [0.2, 0.25) is 11.8 Å². The molecule has 0 aromatic carbocycles. The van der Waals surface area contributed by atoms with Gasteiger partial charge in [-0.05, 0) is 19.8 Å². The molecule has 1 unspecified atom stereocenters. The van der Waals surface area contributed by atoms with Gasteiger partial charge in [0.05, 0.1) is 19.3 Å². The lowest BCUT2D eigenvalue weighted by Gasteiger charge is -2.29. The highest BCUT2D eigenvalue weighted by molar-refractivity contribution is 5.82. The van der Waals surface area contributed by atoms with Crippen LogP contribution in [0.1, 0.15) is 19.8 Å². The van der Waals surface area contributed by atoms with Gasteiger partial charge in [-0.1, -0.05) is 0 Å². The van der Waals surface area contributed by atoms with Crippen LogP contribution in [0.15, 0.2) is 0 Å². The van der Waals surface area contributed by atoms with Crippen molar-refractivity contribution in [3.05, 3.63) is 0 Å². The molecule has 0 radical (unpaired) electrons. The van der Waals surface area contributed by atoms with Crippen LogP contribution in [0.3, 0.4) is 0 Å². The summed E-state index contributed by atoms with van der Waals surface area (Å²) in [5, 5.41) is 6.02. The summed E-state index contributed by atoms with van der Waals surface area (Å²) in [6, 6.07) is -0.212. The van der Waals surface area contributed by atoms with Crippen LogP contribution in [0.25, 0.3) is 0 Å². The Labute approximate surface area is 113 Å². The van der Waals surface area contributed by atoms with Crippen LogP contribution in [0.2, 0.25) is 0 Å². The maximum Gasteiger partial charge on any atom is 0.239 e. The van der Waals surface area contributed by atoms with Crippen molar-refractivity contribution >= 4 is 11.8 Å². The van der Waals surface area contributed by atoms with Crippen LogP contribution in [0.5, 0.6) is 0 Å². The molecule has 2 amide bonds. The minimum Gasteiger partial charge on any atom is -0.378 e. The smallest absolute Gasteiger partial charge is 0.239 e. The van der Waals surface area contributed by atoms with Crippen LogP contribution >= 0.6 is 0 Å². The first-order valence-electron chi connectivity index (χ1n) is 7.06. The van der Waals surface area contributed by atoms with E-state index >= 15 is 0 Å². The molecule has 2 rings (SSSR count). The summed E-state index contributed by atoms with van der Waals surface area (Å²) in [4.78, 5) is 25.3. The fourth-order valence-electron chi connectivity index (χ4n) is 2.11. The molecule has 19 heavy (non-hydrogen) atoms. The highest BCUT2D eigenvalue weighted by Crippen LogP contribution is 2.28. The number of ether oxygens (including phenoxy) is 1. The van der Waals surface area contributed by atoms with Crippen molar-refractivity contribution < 1.29 is 14.3 Å². The predicted molar refractivity (Wildman–Crippen MR) is 70.6 cm³/mol. The fraction of sp³-hybridized carbons (Fsp3) is 0.846. The quantitative estimate of drug-likeness (QED) is 0.629. The van der Waals surface area contributed by atoms with Gasteiger partial charge >= 0.3 is 0 Å². The molecule has 2 N–H and O–H groups in total. The van der Waals surface area contributed by atoms with E-state index in [1.165, 1.54) is 0 Å². The van der Waals surface area contributed by atoms with Crippen molar-refractivity contribution in [1.82, 2.24) is 15.5 Å². The van der Waals surface area contributed by atoms with Gasteiger partial charge in [-0.15, -0.1) is 0 Å². The zero-order valence-electron chi connectivity index (χ0n) is 11.5. The number of hydrogen-bond acceptors (Lipinski definition) is 4. The molecule has 1 saturated heterocycles. The first-order valence-corrected chi connectivity index (χ1v) is 7.06. The Morgan fingerprint density at radius 3 is 2.58 bits per heavy atom. The Hall–Kier alpha value is -1.14. The van der Waals surface area contributed by atoms with Crippen molar-refractivity contribution in [1.29, 1.82) is 0 Å². The molecule has 6 heteroatoms. The topological polar surface area (TPSA) is 70.7 Å². The molecule has 1 atom stereocenters. The SMILES string of the molecule is CC(NCCNC(=O)C1CC1)C(=O)N1CCOCC1. The second-order valence-electron chi connectivity index (χ2n) is 5.18. The van der Waals surface area contributed by atoms with E-state index in [2.05, 4.69) is 10.6 Å². The molecular weight excluding hydrogens is 246 g/mol. The molecule has 0 aromatic rings. The fourth-order valence-corrected chi connectivity index (χ4v) is 2.11. The van der Waals surface area contributed by atoms with Gasteiger partial charge in [-0.3, -0.25) is 9.59 Å². The van der Waals surface area contributed by atoms with Gasteiger partial charge in [-0.2, -0.15) is 0 Å². The highest BCUT2D eigenvalue weighted by Gasteiger charge is 2.29. The third-order valence-electron chi connectivity index (χ3n) is 3.52. The van der Waals surface area contributed by atoms with E-state index in [4.69, 9.17) is 4.74 Å². The van der Waals surface area contributed by atoms with Crippen molar-refractivity contribution in [2.24, 2.45) is 5.92 Å². The van der Waals surface area contributed by atoms with E-state index in [0.717, 1.165) is 12.8 Å². The Morgan fingerprint density at radius 1 is 1.26 bits per heavy atom. The first kappa shape index (κ1) is 14.3. The second-order valence-corrected chi connectivity index (χ2v) is 5.18. The predicted octanol–water partition coefficient (Wildman–Crippen LogP) is -0.650. The Morgan fingerprint density at radius 2 is 1.95 bits per heavy atom.